The average molecular weight is 411 g/mol. The van der Waals surface area contributed by atoms with Crippen LogP contribution in [0.2, 0.25) is 0 Å². The Labute approximate surface area is 160 Å². The standard InChI is InChI=1S/C19H31BrN4O/c1-5-21-19(23-16-8-10-24(11-9-16)14(2)3)22-13-15-6-7-18(25-4)17(20)12-15/h6-7,12,14,16H,5,8-11,13H2,1-4H3,(H2,21,22,23). The number of piperidine rings is 1. The summed E-state index contributed by atoms with van der Waals surface area (Å²) in [6, 6.07) is 7.22. The number of nitrogens with one attached hydrogen (secondary N) is 2. The number of likely N-dealkylation sites (tertiary alicyclic amines) is 1. The van der Waals surface area contributed by atoms with Crippen molar-refractivity contribution in [2.75, 3.05) is 26.7 Å². The van der Waals surface area contributed by atoms with E-state index in [1.165, 1.54) is 0 Å². The fraction of sp³-hybridized carbons (Fsp3) is 0.632. The number of hydrogen-bond donors (Lipinski definition) is 2. The van der Waals surface area contributed by atoms with Gasteiger partial charge in [0, 0.05) is 31.7 Å². The predicted molar refractivity (Wildman–Crippen MR) is 108 cm³/mol. The molecule has 1 aromatic rings. The van der Waals surface area contributed by atoms with E-state index in [0.717, 1.165) is 54.2 Å². The molecule has 2 rings (SSSR count). The van der Waals surface area contributed by atoms with Crippen LogP contribution < -0.4 is 15.4 Å². The number of rotatable bonds is 6. The lowest BCUT2D eigenvalue weighted by Crippen LogP contribution is -2.49. The van der Waals surface area contributed by atoms with Gasteiger partial charge in [0.25, 0.3) is 0 Å². The van der Waals surface area contributed by atoms with Crippen molar-refractivity contribution in [2.24, 2.45) is 4.99 Å². The Bertz CT molecular complexity index is 569. The molecule has 0 unspecified atom stereocenters. The van der Waals surface area contributed by atoms with Crippen LogP contribution in [-0.4, -0.2) is 49.7 Å². The van der Waals surface area contributed by atoms with Crippen LogP contribution in [0.25, 0.3) is 0 Å². The third-order valence-corrected chi connectivity index (χ3v) is 5.20. The molecule has 0 spiro atoms. The molecule has 1 aliphatic rings. The number of ether oxygens (including phenoxy) is 1. The van der Waals surface area contributed by atoms with E-state index >= 15 is 0 Å². The first-order valence-corrected chi connectivity index (χ1v) is 9.94. The lowest BCUT2D eigenvalue weighted by atomic mass is 10.0. The largest absolute Gasteiger partial charge is 0.496 e. The molecule has 1 fully saturated rings. The SMILES string of the molecule is CCNC(=NCc1ccc(OC)c(Br)c1)NC1CCN(C(C)C)CC1. The summed E-state index contributed by atoms with van der Waals surface area (Å²) in [6.45, 7) is 10.5. The van der Waals surface area contributed by atoms with Gasteiger partial charge in [0.15, 0.2) is 5.96 Å². The Morgan fingerprint density at radius 2 is 2.08 bits per heavy atom. The Hall–Kier alpha value is -1.27. The van der Waals surface area contributed by atoms with E-state index < -0.39 is 0 Å². The number of nitrogens with zero attached hydrogens (tertiary/aromatic N) is 2. The quantitative estimate of drug-likeness (QED) is 0.557. The van der Waals surface area contributed by atoms with Gasteiger partial charge in [0.1, 0.15) is 5.75 Å². The maximum absolute atomic E-state index is 5.28. The van der Waals surface area contributed by atoms with Crippen molar-refractivity contribution in [3.63, 3.8) is 0 Å². The van der Waals surface area contributed by atoms with E-state index in [2.05, 4.69) is 64.4 Å². The summed E-state index contributed by atoms with van der Waals surface area (Å²) in [4.78, 5) is 7.29. The zero-order valence-electron chi connectivity index (χ0n) is 15.8. The molecule has 0 amide bonds. The molecule has 1 aliphatic heterocycles. The molecule has 0 bridgehead atoms. The fourth-order valence-electron chi connectivity index (χ4n) is 3.05. The molecule has 0 radical (unpaired) electrons. The van der Waals surface area contributed by atoms with Crippen molar-refractivity contribution in [2.45, 2.75) is 52.2 Å². The molecular formula is C19H31BrN4O. The molecule has 0 atom stereocenters. The van der Waals surface area contributed by atoms with Gasteiger partial charge in [-0.05, 0) is 67.2 Å². The summed E-state index contributed by atoms with van der Waals surface area (Å²) in [5, 5.41) is 6.96. The topological polar surface area (TPSA) is 48.9 Å². The number of methoxy groups -OCH3 is 1. The summed E-state index contributed by atoms with van der Waals surface area (Å²) in [5.41, 5.74) is 1.15. The number of aliphatic imine (C=N–C) groups is 1. The van der Waals surface area contributed by atoms with Gasteiger partial charge in [-0.15, -0.1) is 0 Å². The number of halogens is 1. The molecule has 1 heterocycles. The maximum atomic E-state index is 5.28. The highest BCUT2D eigenvalue weighted by atomic mass is 79.9. The summed E-state index contributed by atoms with van der Waals surface area (Å²) >= 11 is 3.53. The van der Waals surface area contributed by atoms with Crippen molar-refractivity contribution in [3.8, 4) is 5.75 Å². The van der Waals surface area contributed by atoms with E-state index in [1.54, 1.807) is 7.11 Å². The van der Waals surface area contributed by atoms with Gasteiger partial charge >= 0.3 is 0 Å². The number of guanidine groups is 1. The highest BCUT2D eigenvalue weighted by Gasteiger charge is 2.21. The van der Waals surface area contributed by atoms with Gasteiger partial charge in [0.2, 0.25) is 0 Å². The number of benzene rings is 1. The molecule has 1 aromatic carbocycles. The van der Waals surface area contributed by atoms with Crippen LogP contribution in [0, 0.1) is 0 Å². The van der Waals surface area contributed by atoms with Crippen molar-refractivity contribution in [1.82, 2.24) is 15.5 Å². The molecule has 0 aromatic heterocycles. The van der Waals surface area contributed by atoms with Gasteiger partial charge in [-0.1, -0.05) is 6.07 Å². The normalized spacial score (nSPS) is 17.0. The average Bonchev–Trinajstić information content (AvgIpc) is 2.60. The van der Waals surface area contributed by atoms with Gasteiger partial charge < -0.3 is 20.3 Å². The summed E-state index contributed by atoms with van der Waals surface area (Å²) in [5.74, 6) is 1.74. The van der Waals surface area contributed by atoms with E-state index in [1.807, 2.05) is 6.07 Å². The first-order chi connectivity index (χ1) is 12.0. The summed E-state index contributed by atoms with van der Waals surface area (Å²) in [7, 11) is 1.68. The third-order valence-electron chi connectivity index (χ3n) is 4.58. The van der Waals surface area contributed by atoms with Crippen LogP contribution in [0.3, 0.4) is 0 Å². The van der Waals surface area contributed by atoms with E-state index in [-0.39, 0.29) is 0 Å². The second kappa shape index (κ2) is 10.0. The molecule has 5 nitrogen and oxygen atoms in total. The number of hydrogen-bond acceptors (Lipinski definition) is 3. The monoisotopic (exact) mass is 410 g/mol. The Balaban J connectivity index is 1.93. The van der Waals surface area contributed by atoms with Crippen molar-refractivity contribution in [1.29, 1.82) is 0 Å². The van der Waals surface area contributed by atoms with Crippen LogP contribution in [0.15, 0.2) is 27.7 Å². The van der Waals surface area contributed by atoms with Crippen LogP contribution >= 0.6 is 15.9 Å². The van der Waals surface area contributed by atoms with Crippen LogP contribution in [0.1, 0.15) is 39.2 Å². The molecule has 0 saturated carbocycles. The van der Waals surface area contributed by atoms with E-state index in [0.29, 0.717) is 18.6 Å². The van der Waals surface area contributed by atoms with E-state index in [9.17, 15) is 0 Å². The Morgan fingerprint density at radius 1 is 1.36 bits per heavy atom. The Morgan fingerprint density at radius 3 is 2.64 bits per heavy atom. The first kappa shape index (κ1) is 20.0. The maximum Gasteiger partial charge on any atom is 0.191 e. The minimum atomic E-state index is 0.496. The highest BCUT2D eigenvalue weighted by molar-refractivity contribution is 9.10. The second-order valence-corrected chi connectivity index (χ2v) is 7.57. The van der Waals surface area contributed by atoms with Gasteiger partial charge in [0.05, 0.1) is 18.1 Å². The van der Waals surface area contributed by atoms with Gasteiger partial charge in [-0.2, -0.15) is 0 Å². The summed E-state index contributed by atoms with van der Waals surface area (Å²) < 4.78 is 6.24. The predicted octanol–water partition coefficient (Wildman–Crippen LogP) is 3.39. The minimum Gasteiger partial charge on any atom is -0.496 e. The smallest absolute Gasteiger partial charge is 0.191 e. The molecule has 6 heteroatoms. The minimum absolute atomic E-state index is 0.496. The molecule has 25 heavy (non-hydrogen) atoms. The molecular weight excluding hydrogens is 380 g/mol. The van der Waals surface area contributed by atoms with Crippen LogP contribution in [0.4, 0.5) is 0 Å². The first-order valence-electron chi connectivity index (χ1n) is 9.14. The fourth-order valence-corrected chi connectivity index (χ4v) is 3.64. The molecule has 0 aliphatic carbocycles. The highest BCUT2D eigenvalue weighted by Crippen LogP contribution is 2.25. The van der Waals surface area contributed by atoms with Crippen molar-refractivity contribution in [3.05, 3.63) is 28.2 Å². The zero-order valence-corrected chi connectivity index (χ0v) is 17.4. The molecule has 1 saturated heterocycles. The lowest BCUT2D eigenvalue weighted by molar-refractivity contribution is 0.167. The van der Waals surface area contributed by atoms with Gasteiger partial charge in [-0.3, -0.25) is 0 Å². The van der Waals surface area contributed by atoms with Gasteiger partial charge in [-0.25, -0.2) is 4.99 Å². The molecule has 140 valence electrons. The summed E-state index contributed by atoms with van der Waals surface area (Å²) in [6.07, 6.45) is 2.33. The van der Waals surface area contributed by atoms with Crippen LogP contribution in [0.5, 0.6) is 5.75 Å². The second-order valence-electron chi connectivity index (χ2n) is 6.71. The van der Waals surface area contributed by atoms with Crippen molar-refractivity contribution >= 4 is 21.9 Å². The van der Waals surface area contributed by atoms with E-state index in [4.69, 9.17) is 9.73 Å². The molecule has 2 N–H and O–H groups in total. The van der Waals surface area contributed by atoms with Crippen molar-refractivity contribution < 1.29 is 4.74 Å². The lowest BCUT2D eigenvalue weighted by Gasteiger charge is -2.35. The van der Waals surface area contributed by atoms with Crippen LogP contribution in [-0.2, 0) is 6.54 Å². The zero-order chi connectivity index (χ0) is 18.2. The third kappa shape index (κ3) is 6.19. The Kier molecular flexibility index (Phi) is 8.03.